The third-order valence-corrected chi connectivity index (χ3v) is 21.0. The lowest BCUT2D eigenvalue weighted by atomic mass is 9.97. The molecule has 2 N–H and O–H groups in total. The molecule has 8 atom stereocenters. The van der Waals surface area contributed by atoms with Gasteiger partial charge in [-0.15, -0.1) is 0 Å². The lowest BCUT2D eigenvalue weighted by Gasteiger charge is -2.21. The van der Waals surface area contributed by atoms with Gasteiger partial charge in [0.1, 0.15) is 30.2 Å². The summed E-state index contributed by atoms with van der Waals surface area (Å²) in [6.07, 6.45) is -17.8. The monoisotopic (exact) mass is 1760 g/mol. The number of amides is 10. The van der Waals surface area contributed by atoms with E-state index < -0.39 is 154 Å². The number of hydrogen-bond acceptors (Lipinski definition) is 18. The summed E-state index contributed by atoms with van der Waals surface area (Å²) < 4.78 is 195. The molecule has 0 saturated carbocycles. The number of rotatable bonds is 15. The molecule has 0 spiro atoms. The van der Waals surface area contributed by atoms with Gasteiger partial charge in [0.25, 0.3) is 5.69 Å². The van der Waals surface area contributed by atoms with E-state index in [4.69, 9.17) is 18.9 Å². The Morgan fingerprint density at radius 1 is 0.444 bits per heavy atom. The fourth-order valence-corrected chi connectivity index (χ4v) is 15.1. The van der Waals surface area contributed by atoms with Gasteiger partial charge >= 0.3 is 61.1 Å². The molecule has 0 unspecified atom stereocenters. The van der Waals surface area contributed by atoms with Crippen LogP contribution < -0.4 is 10.6 Å². The summed E-state index contributed by atoms with van der Waals surface area (Å²) in [4.78, 5) is 127. The van der Waals surface area contributed by atoms with Crippen LogP contribution in [0.15, 0.2) is 195 Å². The molecule has 6 aromatic carbocycles. The molecule has 11 aromatic rings. The Morgan fingerprint density at radius 3 is 1.37 bits per heavy atom. The molecule has 26 nitrogen and oxygen atoms in total. The number of hydrogen-bond donors (Lipinski definition) is 2. The van der Waals surface area contributed by atoms with E-state index in [1.165, 1.54) is 43.1 Å². The third kappa shape index (κ3) is 20.7. The maximum absolute atomic E-state index is 13.7. The largest absolute Gasteiger partial charge is 0.439 e. The van der Waals surface area contributed by atoms with Gasteiger partial charge in [0.2, 0.25) is 11.8 Å². The van der Waals surface area contributed by atoms with Crippen molar-refractivity contribution < 1.29 is 119 Å². The average Bonchev–Trinajstić information content (AvgIpc) is 1.59. The standard InChI is InChI=1S/C24H24N2O3.C22H16F6N4O3.C21H16F6N4O3.C20H19FN2O5/c1-15-10-16(2)12-20(11-15)23-17(3)26(24(28)29-23)22(27)9-8-19-14-25-13-18-6-4-5-7-21(18)19;1-11-18(13-5-15(21(23,24)25)7-16(6-13)22(26,27)28)35-20(34)32(11)19(33)31-10-14-9-29-8-12-3-2-4-30-17(12)14;1-11-17(12-7-13(20(22,23)24)9-14(8-12)21(25,26)27)34-19(33)30(11)18(32)28-10-16-4-2-3-15-5-6-29-31(15)16;1-12-9-15(11-16(21)10-12)19-13(2)22(20(25)28-19)18(24)8-7-14-5-3-4-6-17(14)23(26)27/h4-7,10-14,17,23H,8-9H2,1-3H3;2-9,11,18H,10H2,1H3,(H,31,33);2-9,11,17H,10H2,1H3,(H,28,32);3-6,9-11,13,19H,7-8H2,1-2H3/t17-,23-;11-,18-;11-,17-;13-,19-/m0000/s1. The topological polar surface area (TPSA) is 310 Å². The summed E-state index contributed by atoms with van der Waals surface area (Å²) in [6.45, 7) is 11.7. The number of ether oxygens (including phenoxy) is 4. The number of carbonyl (C=O) groups excluding carboxylic acids is 8. The average molecular weight is 1760 g/mol. The van der Waals surface area contributed by atoms with Crippen LogP contribution in [0.5, 0.6) is 0 Å². The number of nitrogens with one attached hydrogen (secondary N) is 2. The molecule has 4 aliphatic heterocycles. The number of nitro groups is 1. The van der Waals surface area contributed by atoms with Crippen LogP contribution in [0.3, 0.4) is 0 Å². The fraction of sp³-hybridized carbons (Fsp3) is 0.287. The first-order valence-electron chi connectivity index (χ1n) is 38.6. The predicted octanol–water partition coefficient (Wildman–Crippen LogP) is 19.6. The molecular formula is C87H75F13N12O14. The van der Waals surface area contributed by atoms with E-state index in [2.05, 4.69) is 36.8 Å². The van der Waals surface area contributed by atoms with E-state index in [-0.39, 0.29) is 62.1 Å². The molecule has 4 aliphatic rings. The first kappa shape index (κ1) is 91.0. The van der Waals surface area contributed by atoms with Crippen molar-refractivity contribution in [3.05, 3.63) is 294 Å². The van der Waals surface area contributed by atoms with E-state index in [0.29, 0.717) is 79.3 Å². The highest BCUT2D eigenvalue weighted by Crippen LogP contribution is 2.45. The number of pyridine rings is 4. The number of carbonyl (C=O) groups is 8. The maximum atomic E-state index is 13.7. The first-order valence-corrected chi connectivity index (χ1v) is 38.6. The van der Waals surface area contributed by atoms with Crippen LogP contribution in [-0.4, -0.2) is 122 Å². The fourth-order valence-electron chi connectivity index (χ4n) is 15.1. The minimum Gasteiger partial charge on any atom is -0.439 e. The van der Waals surface area contributed by atoms with E-state index >= 15 is 0 Å². The van der Waals surface area contributed by atoms with Crippen LogP contribution in [0.25, 0.3) is 27.2 Å². The number of imide groups is 4. The quantitative estimate of drug-likeness (QED) is 0.0417. The van der Waals surface area contributed by atoms with Crippen molar-refractivity contribution in [1.82, 2.24) is 54.8 Å². The SMILES string of the molecule is C[C@H]1[C@@H](c2cc(C(F)(F)F)cc(C(F)(F)F)c2)OC(=O)N1C(=O)NCc1cccc2ccnn12.C[C@H]1[C@@H](c2cc(C(F)(F)F)cc(C(F)(F)F)c2)OC(=O)N1C(=O)NCc1cncc2cccnc12.Cc1cc(C)cc([C@H]2OC(=O)N(C(=O)CCc3cncc4ccccc34)[C@H]2C)c1.Cc1cc(F)cc([C@H]2OC(=O)N(C(=O)CCc3ccccc3[N+](=O)[O-])[C@H]2C)c1. The molecule has 4 fully saturated rings. The smallest absolute Gasteiger partial charge is 0.419 e. The maximum Gasteiger partial charge on any atom is 0.419 e. The molecule has 39 heteroatoms. The van der Waals surface area contributed by atoms with Crippen molar-refractivity contribution in [2.75, 3.05) is 0 Å². The van der Waals surface area contributed by atoms with E-state index in [1.54, 1.807) is 104 Å². The molecule has 0 radical (unpaired) electrons. The number of urea groups is 2. The molecule has 658 valence electrons. The summed E-state index contributed by atoms with van der Waals surface area (Å²) in [5.74, 6) is -1.16. The van der Waals surface area contributed by atoms with E-state index in [9.17, 15) is 106 Å². The highest BCUT2D eigenvalue weighted by atomic mass is 19.4. The van der Waals surface area contributed by atoms with Gasteiger partial charge in [-0.1, -0.05) is 83.9 Å². The number of fused-ring (bicyclic) bond motifs is 3. The lowest BCUT2D eigenvalue weighted by molar-refractivity contribution is -0.385. The lowest BCUT2D eigenvalue weighted by Crippen LogP contribution is -2.44. The number of aromatic nitrogens is 5. The number of para-hydroxylation sites is 1. The third-order valence-electron chi connectivity index (χ3n) is 21.0. The van der Waals surface area contributed by atoms with Crippen LogP contribution >= 0.6 is 0 Å². The zero-order chi connectivity index (χ0) is 91.3. The Morgan fingerprint density at radius 2 is 0.865 bits per heavy atom. The second-order valence-electron chi connectivity index (χ2n) is 29.9. The molecule has 9 heterocycles. The number of cyclic esters (lactones) is 4. The highest BCUT2D eigenvalue weighted by molar-refractivity contribution is 5.96. The molecule has 0 bridgehead atoms. The van der Waals surface area contributed by atoms with Crippen molar-refractivity contribution in [3.63, 3.8) is 0 Å². The van der Waals surface area contributed by atoms with Crippen LogP contribution in [-0.2, 0) is 79.2 Å². The number of halogens is 13. The minimum absolute atomic E-state index is 0.0225. The second-order valence-corrected chi connectivity index (χ2v) is 29.9. The van der Waals surface area contributed by atoms with Crippen molar-refractivity contribution >= 4 is 81.1 Å². The normalized spacial score (nSPS) is 18.8. The van der Waals surface area contributed by atoms with Crippen LogP contribution in [0.4, 0.5) is 91.5 Å². The number of nitrogens with zero attached hydrogens (tertiary/aromatic N) is 10. The second kappa shape index (κ2) is 37.1. The summed E-state index contributed by atoms with van der Waals surface area (Å²) in [7, 11) is 0. The van der Waals surface area contributed by atoms with Crippen LogP contribution in [0, 0.1) is 36.7 Å². The predicted molar refractivity (Wildman–Crippen MR) is 423 cm³/mol. The van der Waals surface area contributed by atoms with Crippen LogP contribution in [0.2, 0.25) is 0 Å². The van der Waals surface area contributed by atoms with Gasteiger partial charge < -0.3 is 29.6 Å². The summed E-state index contributed by atoms with van der Waals surface area (Å²) in [5, 5.41) is 23.0. The molecule has 5 aromatic heterocycles. The Hall–Kier alpha value is -14.2. The van der Waals surface area contributed by atoms with Crippen molar-refractivity contribution in [2.24, 2.45) is 0 Å². The number of nitro benzene ring substituents is 1. The zero-order valence-electron chi connectivity index (χ0n) is 67.4. The minimum atomic E-state index is -5.07. The molecule has 0 aliphatic carbocycles. The van der Waals surface area contributed by atoms with Gasteiger partial charge in [-0.3, -0.25) is 34.7 Å². The molecule has 15 rings (SSSR count). The number of benzene rings is 6. The van der Waals surface area contributed by atoms with Gasteiger partial charge in [-0.25, -0.2) is 57.3 Å². The zero-order valence-corrected chi connectivity index (χ0v) is 67.4. The Balaban J connectivity index is 0.000000153. The van der Waals surface area contributed by atoms with Gasteiger partial charge in [-0.2, -0.15) is 57.8 Å². The molecule has 10 amide bonds. The summed E-state index contributed by atoms with van der Waals surface area (Å²) in [5.41, 5.74) is 0.803. The van der Waals surface area contributed by atoms with Crippen molar-refractivity contribution in [2.45, 2.75) is 161 Å². The van der Waals surface area contributed by atoms with E-state index in [0.717, 1.165) is 43.4 Å². The number of alkyl halides is 12. The van der Waals surface area contributed by atoms with Crippen LogP contribution in [0.1, 0.15) is 149 Å². The van der Waals surface area contributed by atoms with Gasteiger partial charge in [0.15, 0.2) is 0 Å². The van der Waals surface area contributed by atoms with Gasteiger partial charge in [0.05, 0.1) is 74.6 Å². The molecular weight excluding hydrogens is 1680 g/mol. The van der Waals surface area contributed by atoms with Gasteiger partial charge in [-0.05, 0) is 179 Å². The number of aryl methyl sites for hydroxylation is 5. The van der Waals surface area contributed by atoms with E-state index in [1.807, 2.05) is 63.4 Å². The van der Waals surface area contributed by atoms with Crippen molar-refractivity contribution in [1.29, 1.82) is 0 Å². The summed E-state index contributed by atoms with van der Waals surface area (Å²) in [6, 6.07) is 31.6. The Labute approximate surface area is 707 Å². The molecule has 126 heavy (non-hydrogen) atoms. The van der Waals surface area contributed by atoms with Crippen molar-refractivity contribution in [3.8, 4) is 0 Å². The summed E-state index contributed by atoms with van der Waals surface area (Å²) >= 11 is 0. The molecule has 4 saturated heterocycles. The Kier molecular flexibility index (Phi) is 26.8. The highest BCUT2D eigenvalue weighted by Gasteiger charge is 2.50. The van der Waals surface area contributed by atoms with Gasteiger partial charge in [0, 0.05) is 84.5 Å². The Bertz CT molecular complexity index is 5910. The first-order chi connectivity index (χ1) is 59.4.